The van der Waals surface area contributed by atoms with E-state index in [1.807, 2.05) is 0 Å². The Morgan fingerprint density at radius 1 is 1.12 bits per heavy atom. The molecule has 0 bridgehead atoms. The standard InChI is InChI=1S/C23H17ClN4O4S/c24-15-6-8-16(9-7-15)28-22(32)18-3-1-2-4-19(18)26-23(28)33-13-21(31)27-25-12-14-5-10-17(29)11-20(14)30/h1-12,29-30H,13H2,(H,27,31)/b25-12+. The number of aromatic hydroxyl groups is 2. The highest BCUT2D eigenvalue weighted by molar-refractivity contribution is 7.99. The van der Waals surface area contributed by atoms with Crippen molar-refractivity contribution in [2.24, 2.45) is 5.10 Å². The van der Waals surface area contributed by atoms with Crippen LogP contribution >= 0.6 is 23.4 Å². The van der Waals surface area contributed by atoms with Gasteiger partial charge in [0, 0.05) is 16.7 Å². The van der Waals surface area contributed by atoms with Crippen LogP contribution in [0, 0.1) is 0 Å². The predicted octanol–water partition coefficient (Wildman–Crippen LogP) is 3.69. The number of nitrogens with zero attached hydrogens (tertiary/aromatic N) is 3. The van der Waals surface area contributed by atoms with E-state index < -0.39 is 5.91 Å². The van der Waals surface area contributed by atoms with Crippen LogP contribution in [0.15, 0.2) is 81.8 Å². The molecule has 166 valence electrons. The number of phenolic OH excluding ortho intramolecular Hbond substituents is 2. The SMILES string of the molecule is O=C(CSc1nc2ccccc2c(=O)n1-c1ccc(Cl)cc1)N/N=C/c1ccc(O)cc1O. The highest BCUT2D eigenvalue weighted by Gasteiger charge is 2.14. The first-order valence-electron chi connectivity index (χ1n) is 9.67. The van der Waals surface area contributed by atoms with E-state index in [2.05, 4.69) is 15.5 Å². The van der Waals surface area contributed by atoms with Crippen LogP contribution < -0.4 is 11.0 Å². The van der Waals surface area contributed by atoms with Crippen LogP contribution in [-0.2, 0) is 4.79 Å². The fourth-order valence-corrected chi connectivity index (χ4v) is 3.94. The number of nitrogens with one attached hydrogen (secondary N) is 1. The number of phenols is 2. The van der Waals surface area contributed by atoms with Crippen LogP contribution in [0.25, 0.3) is 16.6 Å². The van der Waals surface area contributed by atoms with E-state index in [1.165, 1.54) is 29.0 Å². The number of halogens is 1. The third kappa shape index (κ3) is 5.16. The van der Waals surface area contributed by atoms with Gasteiger partial charge in [0.1, 0.15) is 11.5 Å². The molecule has 0 aliphatic carbocycles. The normalized spacial score (nSPS) is 11.2. The maximum absolute atomic E-state index is 13.2. The Balaban J connectivity index is 1.55. The Morgan fingerprint density at radius 3 is 2.64 bits per heavy atom. The molecular formula is C23H17ClN4O4S. The van der Waals surface area contributed by atoms with Gasteiger partial charge in [0.05, 0.1) is 28.6 Å². The fraction of sp³-hybridized carbons (Fsp3) is 0.0435. The zero-order valence-corrected chi connectivity index (χ0v) is 18.5. The van der Waals surface area contributed by atoms with Crippen molar-refractivity contribution in [1.82, 2.24) is 15.0 Å². The second-order valence-corrected chi connectivity index (χ2v) is 8.23. The largest absolute Gasteiger partial charge is 0.508 e. The Hall–Kier alpha value is -3.82. The van der Waals surface area contributed by atoms with Crippen LogP contribution in [0.1, 0.15) is 5.56 Å². The highest BCUT2D eigenvalue weighted by Crippen LogP contribution is 2.23. The van der Waals surface area contributed by atoms with E-state index in [0.717, 1.165) is 11.8 Å². The van der Waals surface area contributed by atoms with Crippen LogP contribution in [0.5, 0.6) is 11.5 Å². The summed E-state index contributed by atoms with van der Waals surface area (Å²) in [7, 11) is 0. The van der Waals surface area contributed by atoms with Gasteiger partial charge in [-0.15, -0.1) is 0 Å². The first-order valence-corrected chi connectivity index (χ1v) is 11.0. The number of para-hydroxylation sites is 1. The van der Waals surface area contributed by atoms with Crippen molar-refractivity contribution < 1.29 is 15.0 Å². The molecule has 0 aliphatic heterocycles. The number of hydrogen-bond donors (Lipinski definition) is 3. The van der Waals surface area contributed by atoms with Crippen molar-refractivity contribution in [1.29, 1.82) is 0 Å². The van der Waals surface area contributed by atoms with Crippen LogP contribution in [0.3, 0.4) is 0 Å². The number of benzene rings is 3. The quantitative estimate of drug-likeness (QED) is 0.168. The molecule has 0 radical (unpaired) electrons. The van der Waals surface area contributed by atoms with Gasteiger partial charge in [-0.25, -0.2) is 10.4 Å². The van der Waals surface area contributed by atoms with Gasteiger partial charge in [-0.3, -0.25) is 14.2 Å². The molecule has 0 spiro atoms. The molecule has 0 atom stereocenters. The zero-order chi connectivity index (χ0) is 23.4. The molecule has 0 saturated carbocycles. The van der Waals surface area contributed by atoms with Crippen molar-refractivity contribution in [2.45, 2.75) is 5.16 Å². The third-order valence-corrected chi connectivity index (χ3v) is 5.76. The van der Waals surface area contributed by atoms with E-state index in [0.29, 0.717) is 32.3 Å². The molecule has 33 heavy (non-hydrogen) atoms. The van der Waals surface area contributed by atoms with Crippen molar-refractivity contribution in [3.63, 3.8) is 0 Å². The number of hydrazone groups is 1. The molecule has 4 aromatic rings. The molecule has 4 rings (SSSR count). The number of fused-ring (bicyclic) bond motifs is 1. The number of rotatable bonds is 6. The summed E-state index contributed by atoms with van der Waals surface area (Å²) < 4.78 is 1.44. The average molecular weight is 481 g/mol. The minimum atomic E-state index is -0.431. The number of thioether (sulfide) groups is 1. The van der Waals surface area contributed by atoms with Gasteiger partial charge in [0.25, 0.3) is 11.5 Å². The van der Waals surface area contributed by atoms with Crippen LogP contribution in [-0.4, -0.2) is 37.6 Å². The molecule has 8 nitrogen and oxygen atoms in total. The maximum atomic E-state index is 13.2. The number of hydrogen-bond acceptors (Lipinski definition) is 7. The number of carbonyl (C=O) groups is 1. The summed E-state index contributed by atoms with van der Waals surface area (Å²) in [6.45, 7) is 0. The Labute approximate surface area is 197 Å². The van der Waals surface area contributed by atoms with E-state index in [-0.39, 0.29) is 22.8 Å². The third-order valence-electron chi connectivity index (χ3n) is 4.57. The molecular weight excluding hydrogens is 464 g/mol. The molecule has 1 aromatic heterocycles. The molecule has 0 unspecified atom stereocenters. The Bertz CT molecular complexity index is 1420. The second-order valence-electron chi connectivity index (χ2n) is 6.85. The molecule has 0 aliphatic rings. The lowest BCUT2D eigenvalue weighted by molar-refractivity contribution is -0.118. The smallest absolute Gasteiger partial charge is 0.266 e. The summed E-state index contributed by atoms with van der Waals surface area (Å²) in [5.74, 6) is -0.744. The average Bonchev–Trinajstić information content (AvgIpc) is 2.80. The molecule has 0 fully saturated rings. The van der Waals surface area contributed by atoms with Crippen LogP contribution in [0.2, 0.25) is 5.02 Å². The van der Waals surface area contributed by atoms with Gasteiger partial charge < -0.3 is 10.2 Å². The lowest BCUT2D eigenvalue weighted by atomic mass is 10.2. The minimum Gasteiger partial charge on any atom is -0.508 e. The van der Waals surface area contributed by atoms with Gasteiger partial charge in [-0.2, -0.15) is 5.10 Å². The van der Waals surface area contributed by atoms with Crippen molar-refractivity contribution >= 4 is 46.4 Å². The number of carbonyl (C=O) groups excluding carboxylic acids is 1. The first-order chi connectivity index (χ1) is 15.9. The summed E-state index contributed by atoms with van der Waals surface area (Å²) in [4.78, 5) is 30.1. The fourth-order valence-electron chi connectivity index (χ4n) is 3.00. The summed E-state index contributed by atoms with van der Waals surface area (Å²) in [6.07, 6.45) is 1.26. The molecule has 3 N–H and O–H groups in total. The lowest BCUT2D eigenvalue weighted by Crippen LogP contribution is -2.24. The molecule has 10 heteroatoms. The van der Waals surface area contributed by atoms with Gasteiger partial charge in [-0.1, -0.05) is 35.5 Å². The molecule has 1 heterocycles. The van der Waals surface area contributed by atoms with Gasteiger partial charge >= 0.3 is 0 Å². The topological polar surface area (TPSA) is 117 Å². The van der Waals surface area contributed by atoms with Crippen molar-refractivity contribution in [3.05, 3.63) is 87.7 Å². The van der Waals surface area contributed by atoms with Gasteiger partial charge in [-0.05, 0) is 48.5 Å². The molecule has 3 aromatic carbocycles. The van der Waals surface area contributed by atoms with Crippen LogP contribution in [0.4, 0.5) is 0 Å². The lowest BCUT2D eigenvalue weighted by Gasteiger charge is -2.13. The summed E-state index contributed by atoms with van der Waals surface area (Å²) >= 11 is 7.07. The van der Waals surface area contributed by atoms with E-state index in [9.17, 15) is 19.8 Å². The second kappa shape index (κ2) is 9.76. The Kier molecular flexibility index (Phi) is 6.62. The van der Waals surface area contributed by atoms with Gasteiger partial charge in [0.2, 0.25) is 0 Å². The molecule has 1 amide bonds. The van der Waals surface area contributed by atoms with Crippen molar-refractivity contribution in [3.8, 4) is 17.2 Å². The first kappa shape index (κ1) is 22.4. The maximum Gasteiger partial charge on any atom is 0.266 e. The summed E-state index contributed by atoms with van der Waals surface area (Å²) in [5.41, 5.74) is 3.53. The minimum absolute atomic E-state index is 0.0583. The summed E-state index contributed by atoms with van der Waals surface area (Å²) in [6, 6.07) is 17.8. The van der Waals surface area contributed by atoms with Gasteiger partial charge in [0.15, 0.2) is 5.16 Å². The predicted molar refractivity (Wildman–Crippen MR) is 129 cm³/mol. The number of amides is 1. The zero-order valence-electron chi connectivity index (χ0n) is 17.0. The van der Waals surface area contributed by atoms with E-state index in [1.54, 1.807) is 48.5 Å². The van der Waals surface area contributed by atoms with E-state index >= 15 is 0 Å². The Morgan fingerprint density at radius 2 is 1.88 bits per heavy atom. The summed E-state index contributed by atoms with van der Waals surface area (Å²) in [5, 5.41) is 24.2. The molecule has 0 saturated heterocycles. The monoisotopic (exact) mass is 480 g/mol. The van der Waals surface area contributed by atoms with E-state index in [4.69, 9.17) is 11.6 Å². The number of aromatic nitrogens is 2. The highest BCUT2D eigenvalue weighted by atomic mass is 35.5. The van der Waals surface area contributed by atoms with Crippen molar-refractivity contribution in [2.75, 3.05) is 5.75 Å².